The average Bonchev–Trinajstić information content (AvgIpc) is 2.48. The van der Waals surface area contributed by atoms with E-state index >= 15 is 0 Å². The Hall–Kier alpha value is -1.99. The summed E-state index contributed by atoms with van der Waals surface area (Å²) in [7, 11) is 1.48. The zero-order valence-corrected chi connectivity index (χ0v) is 14.1. The quantitative estimate of drug-likeness (QED) is 0.514. The molecule has 1 aromatic carbocycles. The molecule has 0 aliphatic rings. The summed E-state index contributed by atoms with van der Waals surface area (Å²) in [5, 5.41) is 5.25. The number of methoxy groups -OCH3 is 1. The van der Waals surface area contributed by atoms with Crippen LogP contribution in [0.1, 0.15) is 32.1 Å². The third-order valence-electron chi connectivity index (χ3n) is 3.10. The third kappa shape index (κ3) is 8.27. The lowest BCUT2D eigenvalue weighted by atomic mass is 10.1. The van der Waals surface area contributed by atoms with Crippen LogP contribution in [0.15, 0.2) is 18.2 Å². The zero-order valence-electron chi connectivity index (χ0n) is 13.3. The second kappa shape index (κ2) is 11.6. The number of unbranched alkanes of at least 4 members (excludes halogenated alkanes) is 3. The molecule has 1 aromatic rings. The summed E-state index contributed by atoms with van der Waals surface area (Å²) in [6.45, 7) is 0.692. The van der Waals surface area contributed by atoms with Crippen LogP contribution in [0.3, 0.4) is 0 Å². The maximum atomic E-state index is 11.8. The van der Waals surface area contributed by atoms with E-state index in [1.165, 1.54) is 7.11 Å². The molecular formula is C15H25ClN4O3. The standard InChI is InChI=1S/C15H24N4O3.ClH/c1-22-13-10-11(7-8-12(13)19-15(17)21)18-14(20)6-4-2-3-5-9-16;/h7-8,10H,2-6,9,16H2,1H3,(H,18,20)(H3,17,19,21);1H. The number of carbonyl (C=O) groups excluding carboxylic acids is 2. The van der Waals surface area contributed by atoms with Crippen LogP contribution >= 0.6 is 12.4 Å². The highest BCUT2D eigenvalue weighted by Crippen LogP contribution is 2.27. The predicted molar refractivity (Wildman–Crippen MR) is 94.2 cm³/mol. The van der Waals surface area contributed by atoms with Gasteiger partial charge in [0, 0.05) is 18.2 Å². The van der Waals surface area contributed by atoms with Crippen molar-refractivity contribution in [3.8, 4) is 5.75 Å². The summed E-state index contributed by atoms with van der Waals surface area (Å²) in [6, 6.07) is 4.27. The summed E-state index contributed by atoms with van der Waals surface area (Å²) in [4.78, 5) is 22.7. The van der Waals surface area contributed by atoms with Crippen molar-refractivity contribution in [1.29, 1.82) is 0 Å². The number of rotatable bonds is 9. The van der Waals surface area contributed by atoms with Gasteiger partial charge in [-0.1, -0.05) is 12.8 Å². The molecule has 3 amide bonds. The molecular weight excluding hydrogens is 320 g/mol. The summed E-state index contributed by atoms with van der Waals surface area (Å²) in [5.74, 6) is 0.380. The molecule has 0 saturated heterocycles. The molecule has 0 aliphatic heterocycles. The molecule has 0 aliphatic carbocycles. The van der Waals surface area contributed by atoms with Crippen molar-refractivity contribution in [1.82, 2.24) is 0 Å². The van der Waals surface area contributed by atoms with Crippen molar-refractivity contribution in [2.45, 2.75) is 32.1 Å². The largest absolute Gasteiger partial charge is 0.494 e. The SMILES string of the molecule is COc1cc(NC(=O)CCCCCCN)ccc1NC(N)=O.Cl. The topological polar surface area (TPSA) is 119 Å². The minimum Gasteiger partial charge on any atom is -0.494 e. The lowest BCUT2D eigenvalue weighted by Crippen LogP contribution is -2.19. The first-order valence-electron chi connectivity index (χ1n) is 7.31. The van der Waals surface area contributed by atoms with Gasteiger partial charge in [-0.25, -0.2) is 4.79 Å². The number of primary amides is 1. The van der Waals surface area contributed by atoms with Crippen LogP contribution in [-0.2, 0) is 4.79 Å². The number of amides is 3. The van der Waals surface area contributed by atoms with Crippen LogP contribution in [-0.4, -0.2) is 25.6 Å². The number of nitrogens with two attached hydrogens (primary N) is 2. The number of ether oxygens (including phenoxy) is 1. The lowest BCUT2D eigenvalue weighted by Gasteiger charge is -2.11. The molecule has 0 atom stereocenters. The Morgan fingerprint density at radius 3 is 2.43 bits per heavy atom. The van der Waals surface area contributed by atoms with Crippen LogP contribution in [0.2, 0.25) is 0 Å². The predicted octanol–water partition coefficient (Wildman–Crippen LogP) is 2.46. The lowest BCUT2D eigenvalue weighted by molar-refractivity contribution is -0.116. The van der Waals surface area contributed by atoms with Gasteiger partial charge in [-0.15, -0.1) is 12.4 Å². The Labute approximate surface area is 142 Å². The molecule has 8 heteroatoms. The van der Waals surface area contributed by atoms with Gasteiger partial charge in [0.15, 0.2) is 0 Å². The van der Waals surface area contributed by atoms with E-state index in [-0.39, 0.29) is 18.3 Å². The highest BCUT2D eigenvalue weighted by atomic mass is 35.5. The number of nitrogens with one attached hydrogen (secondary N) is 2. The van der Waals surface area contributed by atoms with Crippen molar-refractivity contribution in [3.63, 3.8) is 0 Å². The number of halogens is 1. The first-order valence-corrected chi connectivity index (χ1v) is 7.31. The fourth-order valence-corrected chi connectivity index (χ4v) is 2.01. The normalized spacial score (nSPS) is 9.65. The van der Waals surface area contributed by atoms with Gasteiger partial charge >= 0.3 is 6.03 Å². The van der Waals surface area contributed by atoms with Crippen LogP contribution in [0, 0.1) is 0 Å². The summed E-state index contributed by atoms with van der Waals surface area (Å²) >= 11 is 0. The molecule has 0 bridgehead atoms. The number of urea groups is 1. The van der Waals surface area contributed by atoms with Crippen molar-refractivity contribution >= 4 is 35.7 Å². The Morgan fingerprint density at radius 1 is 1.13 bits per heavy atom. The Balaban J connectivity index is 0.00000484. The highest BCUT2D eigenvalue weighted by molar-refractivity contribution is 5.93. The second-order valence-corrected chi connectivity index (χ2v) is 4.91. The van der Waals surface area contributed by atoms with Crippen LogP contribution in [0.4, 0.5) is 16.2 Å². The van der Waals surface area contributed by atoms with E-state index in [0.717, 1.165) is 25.7 Å². The second-order valence-electron chi connectivity index (χ2n) is 4.91. The van der Waals surface area contributed by atoms with Crippen molar-refractivity contribution in [3.05, 3.63) is 18.2 Å². The van der Waals surface area contributed by atoms with Gasteiger partial charge in [0.1, 0.15) is 5.75 Å². The van der Waals surface area contributed by atoms with Crippen molar-refractivity contribution in [2.75, 3.05) is 24.3 Å². The van der Waals surface area contributed by atoms with Crippen LogP contribution < -0.4 is 26.8 Å². The molecule has 1 rings (SSSR count). The third-order valence-corrected chi connectivity index (χ3v) is 3.10. The van der Waals surface area contributed by atoms with Gasteiger partial charge in [0.05, 0.1) is 12.8 Å². The molecule has 0 unspecified atom stereocenters. The average molecular weight is 345 g/mol. The number of carbonyl (C=O) groups is 2. The minimum atomic E-state index is -0.674. The highest BCUT2D eigenvalue weighted by Gasteiger charge is 2.08. The molecule has 0 aromatic heterocycles. The fourth-order valence-electron chi connectivity index (χ4n) is 2.01. The molecule has 6 N–H and O–H groups in total. The van der Waals surface area contributed by atoms with Gasteiger partial charge in [-0.3, -0.25) is 4.79 Å². The van der Waals surface area contributed by atoms with Gasteiger partial charge in [0.25, 0.3) is 0 Å². The van der Waals surface area contributed by atoms with Gasteiger partial charge in [0.2, 0.25) is 5.91 Å². The van der Waals surface area contributed by atoms with E-state index in [4.69, 9.17) is 16.2 Å². The Bertz CT molecular complexity index is 511. The first kappa shape index (κ1) is 21.0. The van der Waals surface area contributed by atoms with E-state index < -0.39 is 6.03 Å². The Kier molecular flexibility index (Phi) is 10.6. The molecule has 0 heterocycles. The molecule has 130 valence electrons. The molecule has 7 nitrogen and oxygen atoms in total. The van der Waals surface area contributed by atoms with Crippen molar-refractivity contribution in [2.24, 2.45) is 11.5 Å². The summed E-state index contributed by atoms with van der Waals surface area (Å²) in [6.07, 6.45) is 4.34. The monoisotopic (exact) mass is 344 g/mol. The number of hydrogen-bond acceptors (Lipinski definition) is 4. The molecule has 23 heavy (non-hydrogen) atoms. The van der Waals surface area contributed by atoms with E-state index in [2.05, 4.69) is 10.6 Å². The van der Waals surface area contributed by atoms with E-state index in [1.54, 1.807) is 18.2 Å². The van der Waals surface area contributed by atoms with E-state index in [0.29, 0.717) is 30.1 Å². The van der Waals surface area contributed by atoms with Crippen LogP contribution in [0.5, 0.6) is 5.75 Å². The van der Waals surface area contributed by atoms with E-state index in [1.807, 2.05) is 0 Å². The van der Waals surface area contributed by atoms with E-state index in [9.17, 15) is 9.59 Å². The van der Waals surface area contributed by atoms with Crippen molar-refractivity contribution < 1.29 is 14.3 Å². The minimum absolute atomic E-state index is 0. The fraction of sp³-hybridized carbons (Fsp3) is 0.467. The number of hydrogen-bond donors (Lipinski definition) is 4. The van der Waals surface area contributed by atoms with Gasteiger partial charge in [-0.05, 0) is 31.5 Å². The summed E-state index contributed by atoms with van der Waals surface area (Å²) in [5.41, 5.74) is 11.6. The number of benzene rings is 1. The Morgan fingerprint density at radius 2 is 1.83 bits per heavy atom. The number of anilines is 2. The van der Waals surface area contributed by atoms with Crippen LogP contribution in [0.25, 0.3) is 0 Å². The maximum absolute atomic E-state index is 11.8. The summed E-state index contributed by atoms with van der Waals surface area (Å²) < 4.78 is 5.16. The zero-order chi connectivity index (χ0) is 16.4. The first-order chi connectivity index (χ1) is 10.6. The maximum Gasteiger partial charge on any atom is 0.316 e. The van der Waals surface area contributed by atoms with Gasteiger partial charge in [-0.2, -0.15) is 0 Å². The van der Waals surface area contributed by atoms with Gasteiger partial charge < -0.3 is 26.8 Å². The molecule has 0 saturated carbocycles. The molecule has 0 fully saturated rings. The smallest absolute Gasteiger partial charge is 0.316 e. The molecule has 0 radical (unpaired) electrons. The molecule has 0 spiro atoms.